The fraction of sp³-hybridized carbons (Fsp3) is 0.0909. The molecule has 0 heterocycles. The van der Waals surface area contributed by atoms with Crippen molar-refractivity contribution in [2.45, 2.75) is 18.2 Å². The first-order valence-corrected chi connectivity index (χ1v) is 9.84. The van der Waals surface area contributed by atoms with E-state index < -0.39 is 10.1 Å². The van der Waals surface area contributed by atoms with Gasteiger partial charge in [-0.15, -0.1) is 0 Å². The van der Waals surface area contributed by atoms with Gasteiger partial charge in [-0.25, -0.2) is 4.39 Å². The summed E-state index contributed by atoms with van der Waals surface area (Å²) >= 11 is 0. The first-order chi connectivity index (χ1) is 12.9. The van der Waals surface area contributed by atoms with E-state index in [0.29, 0.717) is 5.56 Å². The van der Waals surface area contributed by atoms with Gasteiger partial charge in [0.15, 0.2) is 0 Å². The van der Waals surface area contributed by atoms with Crippen LogP contribution >= 0.6 is 0 Å². The Bertz CT molecular complexity index is 1020. The number of benzene rings is 3. The monoisotopic (exact) mass is 382 g/mol. The van der Waals surface area contributed by atoms with E-state index in [0.717, 1.165) is 11.1 Å². The zero-order valence-corrected chi connectivity index (χ0v) is 15.6. The molecule has 3 aromatic rings. The van der Waals surface area contributed by atoms with Crippen molar-refractivity contribution in [2.75, 3.05) is 0 Å². The molecule has 3 nitrogen and oxygen atoms in total. The molecule has 3 aromatic carbocycles. The summed E-state index contributed by atoms with van der Waals surface area (Å²) in [5.41, 5.74) is 2.47. The van der Waals surface area contributed by atoms with Gasteiger partial charge in [0.2, 0.25) is 0 Å². The van der Waals surface area contributed by atoms with Crippen molar-refractivity contribution in [1.82, 2.24) is 0 Å². The molecule has 0 atom stereocenters. The van der Waals surface area contributed by atoms with E-state index in [-0.39, 0.29) is 22.9 Å². The summed E-state index contributed by atoms with van der Waals surface area (Å²) in [6.45, 7) is 1.88. The van der Waals surface area contributed by atoms with Gasteiger partial charge in [0.25, 0.3) is 0 Å². The molecule has 0 aliphatic heterocycles. The third-order valence-electron chi connectivity index (χ3n) is 3.93. The molecule has 0 amide bonds. The van der Waals surface area contributed by atoms with E-state index >= 15 is 0 Å². The van der Waals surface area contributed by atoms with Gasteiger partial charge in [-0.1, -0.05) is 60.2 Å². The lowest BCUT2D eigenvalue weighted by Crippen LogP contribution is -2.09. The predicted octanol–water partition coefficient (Wildman–Crippen LogP) is 5.32. The smallest absolute Gasteiger partial charge is 0.339 e. The van der Waals surface area contributed by atoms with Crippen molar-refractivity contribution in [3.63, 3.8) is 0 Å². The molecule has 0 spiro atoms. The Hall–Kier alpha value is -2.92. The van der Waals surface area contributed by atoms with E-state index in [9.17, 15) is 12.8 Å². The molecule has 0 bridgehead atoms. The molecule has 0 aliphatic carbocycles. The second-order valence-corrected chi connectivity index (χ2v) is 7.72. The van der Waals surface area contributed by atoms with Gasteiger partial charge >= 0.3 is 10.1 Å². The van der Waals surface area contributed by atoms with E-state index in [1.165, 1.54) is 30.3 Å². The highest BCUT2D eigenvalue weighted by atomic mass is 32.2. The predicted molar refractivity (Wildman–Crippen MR) is 105 cm³/mol. The summed E-state index contributed by atoms with van der Waals surface area (Å²) < 4.78 is 43.8. The number of halogens is 1. The summed E-state index contributed by atoms with van der Waals surface area (Å²) in [6.07, 6.45) is 1.63. The van der Waals surface area contributed by atoms with Gasteiger partial charge < -0.3 is 4.18 Å². The van der Waals surface area contributed by atoms with Crippen LogP contribution in [0.4, 0.5) is 4.39 Å². The van der Waals surface area contributed by atoms with Crippen LogP contribution in [0.5, 0.6) is 5.75 Å². The van der Waals surface area contributed by atoms with Crippen molar-refractivity contribution in [3.8, 4) is 5.75 Å². The molecule has 0 N–H and O–H groups in total. The van der Waals surface area contributed by atoms with E-state index in [1.54, 1.807) is 24.3 Å². The first kappa shape index (κ1) is 18.9. The van der Waals surface area contributed by atoms with Crippen molar-refractivity contribution < 1.29 is 17.0 Å². The SMILES string of the molecule is Cc1ccc(S(=O)(=O)Oc2ccc(/C=C(\F)Cc3ccccc3)cc2)cc1. The highest BCUT2D eigenvalue weighted by molar-refractivity contribution is 7.87. The quantitative estimate of drug-likeness (QED) is 0.542. The van der Waals surface area contributed by atoms with Crippen LogP contribution in [0.3, 0.4) is 0 Å². The van der Waals surface area contributed by atoms with Crippen LogP contribution in [0.1, 0.15) is 16.7 Å². The lowest BCUT2D eigenvalue weighted by molar-refractivity contribution is 0.486. The maximum Gasteiger partial charge on any atom is 0.339 e. The Morgan fingerprint density at radius 3 is 2.19 bits per heavy atom. The minimum absolute atomic E-state index is 0.0889. The van der Waals surface area contributed by atoms with E-state index in [1.807, 2.05) is 37.3 Å². The summed E-state index contributed by atoms with van der Waals surface area (Å²) in [4.78, 5) is 0.0889. The van der Waals surface area contributed by atoms with E-state index in [2.05, 4.69) is 0 Å². The molecule has 0 unspecified atom stereocenters. The lowest BCUT2D eigenvalue weighted by Gasteiger charge is -2.07. The normalized spacial score (nSPS) is 12.0. The van der Waals surface area contributed by atoms with Gasteiger partial charge in [0.1, 0.15) is 16.5 Å². The van der Waals surface area contributed by atoms with Gasteiger partial charge in [-0.3, -0.25) is 0 Å². The minimum atomic E-state index is -3.90. The second-order valence-electron chi connectivity index (χ2n) is 6.17. The molecule has 5 heteroatoms. The molecule has 0 fully saturated rings. The molecule has 0 aliphatic rings. The van der Waals surface area contributed by atoms with Crippen LogP contribution in [0.15, 0.2) is 89.6 Å². The molecule has 0 radical (unpaired) electrons. The Morgan fingerprint density at radius 1 is 0.926 bits per heavy atom. The third-order valence-corrected chi connectivity index (χ3v) is 5.20. The summed E-state index contributed by atoms with van der Waals surface area (Å²) in [6, 6.07) is 22.0. The van der Waals surface area contributed by atoms with Crippen LogP contribution in [0.25, 0.3) is 6.08 Å². The maximum absolute atomic E-state index is 14.1. The molecule has 0 saturated carbocycles. The molecule has 138 valence electrons. The summed E-state index contributed by atoms with van der Waals surface area (Å²) in [5, 5.41) is 0. The van der Waals surface area contributed by atoms with Crippen molar-refractivity contribution >= 4 is 16.2 Å². The molecule has 0 saturated heterocycles. The van der Waals surface area contributed by atoms with E-state index in [4.69, 9.17) is 4.18 Å². The van der Waals surface area contributed by atoms with Crippen molar-refractivity contribution in [2.24, 2.45) is 0 Å². The second kappa shape index (κ2) is 8.18. The number of hydrogen-bond donors (Lipinski definition) is 0. The first-order valence-electron chi connectivity index (χ1n) is 8.44. The maximum atomic E-state index is 14.1. The number of allylic oxidation sites excluding steroid dienone is 1. The van der Waals surface area contributed by atoms with Gasteiger partial charge in [-0.05, 0) is 48.4 Å². The molecular formula is C22H19FO3S. The summed E-state index contributed by atoms with van der Waals surface area (Å²) in [5.74, 6) is -0.0988. The fourth-order valence-electron chi connectivity index (χ4n) is 2.52. The van der Waals surface area contributed by atoms with Crippen LogP contribution < -0.4 is 4.18 Å². The van der Waals surface area contributed by atoms with Gasteiger partial charge in [-0.2, -0.15) is 8.42 Å². The summed E-state index contributed by atoms with van der Waals surface area (Å²) in [7, 11) is -3.90. The highest BCUT2D eigenvalue weighted by Crippen LogP contribution is 2.21. The fourth-order valence-corrected chi connectivity index (χ4v) is 3.45. The molecule has 0 aromatic heterocycles. The average Bonchev–Trinajstić information content (AvgIpc) is 2.64. The Labute approximate surface area is 158 Å². The van der Waals surface area contributed by atoms with Crippen LogP contribution in [-0.4, -0.2) is 8.42 Å². The standard InChI is InChI=1S/C22H19FO3S/c1-17-7-13-22(14-8-17)27(24,25)26-21-11-9-19(10-12-21)16-20(23)15-18-5-3-2-4-6-18/h2-14,16H,15H2,1H3/b20-16-. The molecular weight excluding hydrogens is 363 g/mol. The largest absolute Gasteiger partial charge is 0.379 e. The average molecular weight is 382 g/mol. The number of aryl methyl sites for hydroxylation is 1. The Morgan fingerprint density at radius 2 is 1.56 bits per heavy atom. The Kier molecular flexibility index (Phi) is 5.72. The van der Waals surface area contributed by atoms with Crippen molar-refractivity contribution in [1.29, 1.82) is 0 Å². The highest BCUT2D eigenvalue weighted by Gasteiger charge is 2.16. The zero-order valence-electron chi connectivity index (χ0n) is 14.8. The topological polar surface area (TPSA) is 43.4 Å². The third kappa shape index (κ3) is 5.28. The van der Waals surface area contributed by atoms with Gasteiger partial charge in [0, 0.05) is 6.42 Å². The number of rotatable bonds is 6. The van der Waals surface area contributed by atoms with Crippen LogP contribution in [0, 0.1) is 6.92 Å². The lowest BCUT2D eigenvalue weighted by atomic mass is 10.1. The Balaban J connectivity index is 1.69. The molecule has 27 heavy (non-hydrogen) atoms. The zero-order chi connectivity index (χ0) is 19.3. The van der Waals surface area contributed by atoms with Crippen molar-refractivity contribution in [3.05, 3.63) is 101 Å². The van der Waals surface area contributed by atoms with Crippen LogP contribution in [-0.2, 0) is 16.5 Å². The van der Waals surface area contributed by atoms with Gasteiger partial charge in [0.05, 0.1) is 0 Å². The minimum Gasteiger partial charge on any atom is -0.379 e. The van der Waals surface area contributed by atoms with Crippen LogP contribution in [0.2, 0.25) is 0 Å². The number of hydrogen-bond acceptors (Lipinski definition) is 3. The molecule has 3 rings (SSSR count).